The molecule has 0 amide bonds. The predicted molar refractivity (Wildman–Crippen MR) is 86.1 cm³/mol. The first kappa shape index (κ1) is 15.4. The van der Waals surface area contributed by atoms with E-state index in [-0.39, 0.29) is 6.04 Å². The van der Waals surface area contributed by atoms with Crippen LogP contribution < -0.4 is 15.2 Å². The van der Waals surface area contributed by atoms with Crippen molar-refractivity contribution in [3.8, 4) is 11.5 Å². The highest BCUT2D eigenvalue weighted by Crippen LogP contribution is 2.29. The Morgan fingerprint density at radius 1 is 0.905 bits per heavy atom. The van der Waals surface area contributed by atoms with E-state index in [1.807, 2.05) is 18.2 Å². The molecular weight excluding hydrogens is 262 g/mol. The molecule has 0 saturated carbocycles. The van der Waals surface area contributed by atoms with Crippen molar-refractivity contribution in [1.29, 1.82) is 0 Å². The molecule has 0 aliphatic heterocycles. The molecule has 2 N–H and O–H groups in total. The number of hydrogen-bond donors (Lipinski definition) is 1. The average Bonchev–Trinajstić information content (AvgIpc) is 2.49. The molecule has 0 aliphatic carbocycles. The van der Waals surface area contributed by atoms with Gasteiger partial charge in [0.15, 0.2) is 11.5 Å². The number of rotatable bonds is 5. The molecule has 2 aromatic carbocycles. The SMILES string of the molecule is COc1ccc(CC(N)c2ccc(C)c(C)c2)cc1OC. The Kier molecular flexibility index (Phi) is 4.86. The molecule has 3 heteroatoms. The summed E-state index contributed by atoms with van der Waals surface area (Å²) < 4.78 is 10.6. The third-order valence-corrected chi connectivity index (χ3v) is 3.86. The first-order valence-corrected chi connectivity index (χ1v) is 7.08. The van der Waals surface area contributed by atoms with Crippen LogP contribution >= 0.6 is 0 Å². The molecular formula is C18H23NO2. The Labute approximate surface area is 126 Å². The second-order valence-electron chi connectivity index (χ2n) is 5.34. The fourth-order valence-electron chi connectivity index (χ4n) is 2.37. The summed E-state index contributed by atoms with van der Waals surface area (Å²) in [6.07, 6.45) is 0.767. The Morgan fingerprint density at radius 3 is 2.24 bits per heavy atom. The second-order valence-corrected chi connectivity index (χ2v) is 5.34. The van der Waals surface area contributed by atoms with Crippen molar-refractivity contribution in [2.45, 2.75) is 26.3 Å². The van der Waals surface area contributed by atoms with Crippen molar-refractivity contribution >= 4 is 0 Å². The van der Waals surface area contributed by atoms with Crippen LogP contribution in [-0.2, 0) is 6.42 Å². The Morgan fingerprint density at radius 2 is 1.62 bits per heavy atom. The van der Waals surface area contributed by atoms with E-state index in [0.29, 0.717) is 0 Å². The largest absolute Gasteiger partial charge is 0.493 e. The minimum absolute atomic E-state index is 0.0256. The van der Waals surface area contributed by atoms with Crippen molar-refractivity contribution in [1.82, 2.24) is 0 Å². The molecule has 2 aromatic rings. The van der Waals surface area contributed by atoms with Gasteiger partial charge in [0, 0.05) is 6.04 Å². The predicted octanol–water partition coefficient (Wildman–Crippen LogP) is 3.56. The zero-order chi connectivity index (χ0) is 15.4. The minimum Gasteiger partial charge on any atom is -0.493 e. The van der Waals surface area contributed by atoms with Crippen molar-refractivity contribution in [2.24, 2.45) is 5.73 Å². The molecule has 1 unspecified atom stereocenters. The highest BCUT2D eigenvalue weighted by atomic mass is 16.5. The van der Waals surface area contributed by atoms with Crippen LogP contribution in [-0.4, -0.2) is 14.2 Å². The summed E-state index contributed by atoms with van der Waals surface area (Å²) in [7, 11) is 3.28. The van der Waals surface area contributed by atoms with E-state index < -0.39 is 0 Å². The molecule has 0 fully saturated rings. The zero-order valence-corrected chi connectivity index (χ0v) is 13.1. The standard InChI is InChI=1S/C18H23NO2/c1-12-5-7-15(9-13(12)2)16(19)10-14-6-8-17(20-3)18(11-14)21-4/h5-9,11,16H,10,19H2,1-4H3. The zero-order valence-electron chi connectivity index (χ0n) is 13.1. The van der Waals surface area contributed by atoms with Gasteiger partial charge in [-0.25, -0.2) is 0 Å². The number of hydrogen-bond acceptors (Lipinski definition) is 3. The van der Waals surface area contributed by atoms with Crippen LogP contribution in [0, 0.1) is 13.8 Å². The maximum atomic E-state index is 6.34. The van der Waals surface area contributed by atoms with E-state index in [0.717, 1.165) is 29.0 Å². The van der Waals surface area contributed by atoms with Gasteiger partial charge in [0.1, 0.15) is 0 Å². The van der Waals surface area contributed by atoms with Crippen LogP contribution in [0.1, 0.15) is 28.3 Å². The summed E-state index contributed by atoms with van der Waals surface area (Å²) in [6, 6.07) is 12.3. The number of methoxy groups -OCH3 is 2. The van der Waals surface area contributed by atoms with E-state index >= 15 is 0 Å². The van der Waals surface area contributed by atoms with Gasteiger partial charge in [-0.3, -0.25) is 0 Å². The monoisotopic (exact) mass is 285 g/mol. The highest BCUT2D eigenvalue weighted by Gasteiger charge is 2.11. The van der Waals surface area contributed by atoms with Gasteiger partial charge in [-0.2, -0.15) is 0 Å². The number of nitrogens with two attached hydrogens (primary N) is 1. The third kappa shape index (κ3) is 3.56. The lowest BCUT2D eigenvalue weighted by Crippen LogP contribution is -2.13. The number of ether oxygens (including phenoxy) is 2. The Hall–Kier alpha value is -2.00. The van der Waals surface area contributed by atoms with Gasteiger partial charge in [0.25, 0.3) is 0 Å². The molecule has 112 valence electrons. The molecule has 0 radical (unpaired) electrons. The van der Waals surface area contributed by atoms with E-state index in [2.05, 4.69) is 32.0 Å². The summed E-state index contributed by atoms with van der Waals surface area (Å²) in [5, 5.41) is 0. The van der Waals surface area contributed by atoms with Crippen LogP contribution in [0.15, 0.2) is 36.4 Å². The molecule has 0 saturated heterocycles. The molecule has 21 heavy (non-hydrogen) atoms. The first-order chi connectivity index (χ1) is 10.0. The first-order valence-electron chi connectivity index (χ1n) is 7.08. The van der Waals surface area contributed by atoms with Gasteiger partial charge >= 0.3 is 0 Å². The maximum absolute atomic E-state index is 6.34. The quantitative estimate of drug-likeness (QED) is 0.913. The van der Waals surface area contributed by atoms with Gasteiger partial charge in [0.05, 0.1) is 14.2 Å². The number of aryl methyl sites for hydroxylation is 2. The Bertz CT molecular complexity index is 623. The summed E-state index contributed by atoms with van der Waals surface area (Å²) in [5.74, 6) is 1.48. The van der Waals surface area contributed by atoms with Crippen molar-refractivity contribution in [2.75, 3.05) is 14.2 Å². The summed E-state index contributed by atoms with van der Waals surface area (Å²) in [4.78, 5) is 0. The minimum atomic E-state index is -0.0256. The lowest BCUT2D eigenvalue weighted by atomic mass is 9.96. The van der Waals surface area contributed by atoms with Crippen LogP contribution in [0.5, 0.6) is 11.5 Å². The fourth-order valence-corrected chi connectivity index (χ4v) is 2.37. The normalized spacial score (nSPS) is 12.0. The van der Waals surface area contributed by atoms with Gasteiger partial charge in [-0.15, -0.1) is 0 Å². The van der Waals surface area contributed by atoms with Gasteiger partial charge in [-0.1, -0.05) is 24.3 Å². The summed E-state index contributed by atoms with van der Waals surface area (Å²) >= 11 is 0. The van der Waals surface area contributed by atoms with Gasteiger partial charge < -0.3 is 15.2 Å². The smallest absolute Gasteiger partial charge is 0.160 e. The lowest BCUT2D eigenvalue weighted by Gasteiger charge is -2.15. The average molecular weight is 285 g/mol. The van der Waals surface area contributed by atoms with Crippen molar-refractivity contribution < 1.29 is 9.47 Å². The molecule has 0 bridgehead atoms. The van der Waals surface area contributed by atoms with Crippen LogP contribution in [0.2, 0.25) is 0 Å². The summed E-state index contributed by atoms with van der Waals surface area (Å²) in [6.45, 7) is 4.22. The topological polar surface area (TPSA) is 44.5 Å². The molecule has 0 heterocycles. The van der Waals surface area contributed by atoms with Crippen LogP contribution in [0.4, 0.5) is 0 Å². The van der Waals surface area contributed by atoms with Crippen molar-refractivity contribution in [3.05, 3.63) is 58.7 Å². The Balaban J connectivity index is 2.18. The summed E-state index contributed by atoms with van der Waals surface area (Å²) in [5.41, 5.74) is 11.2. The molecule has 0 aromatic heterocycles. The van der Waals surface area contributed by atoms with E-state index in [9.17, 15) is 0 Å². The van der Waals surface area contributed by atoms with E-state index in [1.165, 1.54) is 11.1 Å². The molecule has 0 aliphatic rings. The van der Waals surface area contributed by atoms with E-state index in [4.69, 9.17) is 15.2 Å². The second kappa shape index (κ2) is 6.64. The van der Waals surface area contributed by atoms with Crippen LogP contribution in [0.3, 0.4) is 0 Å². The van der Waals surface area contributed by atoms with E-state index in [1.54, 1.807) is 14.2 Å². The number of benzene rings is 2. The van der Waals surface area contributed by atoms with Crippen LogP contribution in [0.25, 0.3) is 0 Å². The van der Waals surface area contributed by atoms with Gasteiger partial charge in [-0.05, 0) is 54.7 Å². The van der Waals surface area contributed by atoms with Gasteiger partial charge in [0.2, 0.25) is 0 Å². The molecule has 3 nitrogen and oxygen atoms in total. The molecule has 0 spiro atoms. The molecule has 1 atom stereocenters. The third-order valence-electron chi connectivity index (χ3n) is 3.86. The lowest BCUT2D eigenvalue weighted by molar-refractivity contribution is 0.354. The highest BCUT2D eigenvalue weighted by molar-refractivity contribution is 5.43. The maximum Gasteiger partial charge on any atom is 0.160 e. The molecule has 2 rings (SSSR count). The fraction of sp³-hybridized carbons (Fsp3) is 0.333. The van der Waals surface area contributed by atoms with Crippen molar-refractivity contribution in [3.63, 3.8) is 0 Å².